The predicted molar refractivity (Wildman–Crippen MR) is 84.7 cm³/mol. The highest BCUT2D eigenvalue weighted by molar-refractivity contribution is 6.02. The Kier molecular flexibility index (Phi) is 4.79. The van der Waals surface area contributed by atoms with E-state index in [9.17, 15) is 4.79 Å². The molecule has 5 heteroatoms. The van der Waals surface area contributed by atoms with Crippen molar-refractivity contribution in [3.63, 3.8) is 0 Å². The minimum atomic E-state index is -0.236. The van der Waals surface area contributed by atoms with E-state index in [0.29, 0.717) is 18.0 Å². The fraction of sp³-hybridized carbons (Fsp3) is 0.188. The first-order valence-electron chi connectivity index (χ1n) is 6.62. The van der Waals surface area contributed by atoms with Crippen LogP contribution in [-0.2, 0) is 6.54 Å². The molecule has 0 aromatic heterocycles. The van der Waals surface area contributed by atoms with E-state index in [1.54, 1.807) is 14.2 Å². The van der Waals surface area contributed by atoms with Gasteiger partial charge in [0, 0.05) is 19.3 Å². The Balaban J connectivity index is 2.11. The lowest BCUT2D eigenvalue weighted by Crippen LogP contribution is -2.31. The van der Waals surface area contributed by atoms with Crippen molar-refractivity contribution in [2.24, 2.45) is 5.73 Å². The number of methoxy groups -OCH3 is 1. The molecular formula is C16H19N3O2. The Morgan fingerprint density at radius 2 is 1.86 bits per heavy atom. The van der Waals surface area contributed by atoms with Gasteiger partial charge in [0.05, 0.1) is 12.8 Å². The zero-order valence-corrected chi connectivity index (χ0v) is 12.2. The summed E-state index contributed by atoms with van der Waals surface area (Å²) < 4.78 is 5.26. The normalized spacial score (nSPS) is 10.0. The molecule has 0 heterocycles. The maximum absolute atomic E-state index is 12.3. The molecule has 0 aliphatic rings. The molecule has 0 spiro atoms. The SMILES string of the molecule is COc1ccccc1N(C)C(=O)Nc1ccc(CN)cc1. The predicted octanol–water partition coefficient (Wildman–Crippen LogP) is 2.82. The minimum Gasteiger partial charge on any atom is -0.495 e. The Morgan fingerprint density at radius 3 is 2.48 bits per heavy atom. The van der Waals surface area contributed by atoms with Crippen LogP contribution in [0.3, 0.4) is 0 Å². The van der Waals surface area contributed by atoms with Gasteiger partial charge >= 0.3 is 6.03 Å². The van der Waals surface area contributed by atoms with E-state index in [-0.39, 0.29) is 6.03 Å². The van der Waals surface area contributed by atoms with Gasteiger partial charge in [-0.25, -0.2) is 4.79 Å². The van der Waals surface area contributed by atoms with Crippen molar-refractivity contribution in [1.29, 1.82) is 0 Å². The Labute approximate surface area is 124 Å². The number of anilines is 2. The first kappa shape index (κ1) is 14.9. The van der Waals surface area contributed by atoms with E-state index < -0.39 is 0 Å². The maximum Gasteiger partial charge on any atom is 0.326 e. The highest BCUT2D eigenvalue weighted by Crippen LogP contribution is 2.27. The third-order valence-electron chi connectivity index (χ3n) is 3.19. The van der Waals surface area contributed by atoms with Crippen LogP contribution in [0.1, 0.15) is 5.56 Å². The van der Waals surface area contributed by atoms with Gasteiger partial charge in [-0.05, 0) is 29.8 Å². The number of hydrogen-bond donors (Lipinski definition) is 2. The Hall–Kier alpha value is -2.53. The second-order valence-electron chi connectivity index (χ2n) is 4.56. The number of carbonyl (C=O) groups is 1. The van der Waals surface area contributed by atoms with E-state index >= 15 is 0 Å². The lowest BCUT2D eigenvalue weighted by atomic mass is 10.2. The van der Waals surface area contributed by atoms with Crippen LogP contribution in [0.2, 0.25) is 0 Å². The molecular weight excluding hydrogens is 266 g/mol. The molecule has 110 valence electrons. The van der Waals surface area contributed by atoms with E-state index in [4.69, 9.17) is 10.5 Å². The lowest BCUT2D eigenvalue weighted by Gasteiger charge is -2.20. The van der Waals surface area contributed by atoms with Crippen LogP contribution in [0.4, 0.5) is 16.2 Å². The molecule has 0 bridgehead atoms. The number of hydrogen-bond acceptors (Lipinski definition) is 3. The molecule has 0 aliphatic carbocycles. The summed E-state index contributed by atoms with van der Waals surface area (Å²) in [7, 11) is 3.28. The number of carbonyl (C=O) groups excluding carboxylic acids is 1. The molecule has 0 saturated carbocycles. The summed E-state index contributed by atoms with van der Waals surface area (Å²) in [6.45, 7) is 0.481. The highest BCUT2D eigenvalue weighted by Gasteiger charge is 2.14. The van der Waals surface area contributed by atoms with Crippen molar-refractivity contribution >= 4 is 17.4 Å². The van der Waals surface area contributed by atoms with E-state index in [2.05, 4.69) is 5.32 Å². The van der Waals surface area contributed by atoms with Crippen molar-refractivity contribution in [3.8, 4) is 5.75 Å². The zero-order chi connectivity index (χ0) is 15.2. The summed E-state index contributed by atoms with van der Waals surface area (Å²) in [6, 6.07) is 14.6. The van der Waals surface area contributed by atoms with Crippen LogP contribution in [0.5, 0.6) is 5.75 Å². The first-order chi connectivity index (χ1) is 10.2. The number of ether oxygens (including phenoxy) is 1. The number of amides is 2. The molecule has 21 heavy (non-hydrogen) atoms. The molecule has 0 atom stereocenters. The van der Waals surface area contributed by atoms with Crippen molar-refractivity contribution in [2.45, 2.75) is 6.54 Å². The van der Waals surface area contributed by atoms with Crippen molar-refractivity contribution in [3.05, 3.63) is 54.1 Å². The van der Waals surface area contributed by atoms with Crippen LogP contribution < -0.4 is 20.7 Å². The molecule has 2 aromatic carbocycles. The Bertz CT molecular complexity index is 611. The average molecular weight is 285 g/mol. The lowest BCUT2D eigenvalue weighted by molar-refractivity contribution is 0.258. The van der Waals surface area contributed by atoms with Crippen molar-refractivity contribution in [2.75, 3.05) is 24.4 Å². The van der Waals surface area contributed by atoms with Gasteiger partial charge in [0.15, 0.2) is 0 Å². The van der Waals surface area contributed by atoms with Gasteiger partial charge in [-0.15, -0.1) is 0 Å². The van der Waals surface area contributed by atoms with Gasteiger partial charge in [0.25, 0.3) is 0 Å². The van der Waals surface area contributed by atoms with Gasteiger partial charge in [0.2, 0.25) is 0 Å². The van der Waals surface area contributed by atoms with E-state index in [1.807, 2.05) is 48.5 Å². The first-order valence-corrected chi connectivity index (χ1v) is 6.62. The van der Waals surface area contributed by atoms with Crippen molar-refractivity contribution < 1.29 is 9.53 Å². The molecule has 5 nitrogen and oxygen atoms in total. The summed E-state index contributed by atoms with van der Waals surface area (Å²) in [5.74, 6) is 0.647. The highest BCUT2D eigenvalue weighted by atomic mass is 16.5. The molecule has 2 aromatic rings. The number of nitrogens with one attached hydrogen (secondary N) is 1. The van der Waals surface area contributed by atoms with Crippen LogP contribution in [0, 0.1) is 0 Å². The van der Waals surface area contributed by atoms with Crippen LogP contribution in [0.25, 0.3) is 0 Å². The third kappa shape index (κ3) is 3.52. The number of rotatable bonds is 4. The van der Waals surface area contributed by atoms with Gasteiger partial charge in [-0.3, -0.25) is 4.90 Å². The third-order valence-corrected chi connectivity index (χ3v) is 3.19. The number of para-hydroxylation sites is 2. The van der Waals surface area contributed by atoms with Gasteiger partial charge < -0.3 is 15.8 Å². The second-order valence-corrected chi connectivity index (χ2v) is 4.56. The molecule has 0 aliphatic heterocycles. The topological polar surface area (TPSA) is 67.6 Å². The Morgan fingerprint density at radius 1 is 1.19 bits per heavy atom. The number of nitrogens with two attached hydrogens (primary N) is 1. The molecule has 0 radical (unpaired) electrons. The molecule has 3 N–H and O–H groups in total. The quantitative estimate of drug-likeness (QED) is 0.907. The summed E-state index contributed by atoms with van der Waals surface area (Å²) in [6.07, 6.45) is 0. The average Bonchev–Trinajstić information content (AvgIpc) is 2.54. The number of benzene rings is 2. The smallest absolute Gasteiger partial charge is 0.326 e. The van der Waals surface area contributed by atoms with Crippen molar-refractivity contribution in [1.82, 2.24) is 0 Å². The van der Waals surface area contributed by atoms with Gasteiger partial charge in [0.1, 0.15) is 5.75 Å². The maximum atomic E-state index is 12.3. The summed E-state index contributed by atoms with van der Waals surface area (Å²) in [5.41, 5.74) is 7.99. The molecule has 0 fully saturated rings. The fourth-order valence-corrected chi connectivity index (χ4v) is 1.95. The van der Waals surface area contributed by atoms with E-state index in [1.165, 1.54) is 4.90 Å². The molecule has 2 rings (SSSR count). The van der Waals surface area contributed by atoms with E-state index in [0.717, 1.165) is 11.3 Å². The summed E-state index contributed by atoms with van der Waals surface area (Å²) in [5, 5.41) is 2.83. The van der Waals surface area contributed by atoms with Gasteiger partial charge in [-0.1, -0.05) is 24.3 Å². The summed E-state index contributed by atoms with van der Waals surface area (Å²) in [4.78, 5) is 13.8. The molecule has 2 amide bonds. The monoisotopic (exact) mass is 285 g/mol. The zero-order valence-electron chi connectivity index (χ0n) is 12.2. The number of nitrogens with zero attached hydrogens (tertiary/aromatic N) is 1. The minimum absolute atomic E-state index is 0.236. The van der Waals surface area contributed by atoms with Crippen LogP contribution in [-0.4, -0.2) is 20.2 Å². The molecule has 0 saturated heterocycles. The van der Waals surface area contributed by atoms with Crippen LogP contribution in [0.15, 0.2) is 48.5 Å². The standard InChI is InChI=1S/C16H19N3O2/c1-19(14-5-3-4-6-15(14)21-2)16(20)18-13-9-7-12(11-17)8-10-13/h3-10H,11,17H2,1-2H3,(H,18,20). The van der Waals surface area contributed by atoms with Gasteiger partial charge in [-0.2, -0.15) is 0 Å². The fourth-order valence-electron chi connectivity index (χ4n) is 1.95. The molecule has 0 unspecified atom stereocenters. The largest absolute Gasteiger partial charge is 0.495 e. The van der Waals surface area contributed by atoms with Crippen LogP contribution >= 0.6 is 0 Å². The second kappa shape index (κ2) is 6.76. The summed E-state index contributed by atoms with van der Waals surface area (Å²) >= 11 is 0. The number of urea groups is 1.